The molecule has 1 heterocycles. The molecule has 2 N–H and O–H groups in total. The Morgan fingerprint density at radius 2 is 1.95 bits per heavy atom. The van der Waals surface area contributed by atoms with Gasteiger partial charge in [-0.15, -0.1) is 0 Å². The number of halogens is 2. The average molecular weight is 306 g/mol. The van der Waals surface area contributed by atoms with Crippen LogP contribution in [0.25, 0.3) is 0 Å². The number of nitrogens with one attached hydrogen (secondary N) is 2. The van der Waals surface area contributed by atoms with E-state index < -0.39 is 17.4 Å². The molecule has 5 nitrogen and oxygen atoms in total. The number of fused-ring (bicyclic) bond motifs is 1. The summed E-state index contributed by atoms with van der Waals surface area (Å²) in [4.78, 5) is 31.1. The molecule has 0 saturated heterocycles. The van der Waals surface area contributed by atoms with E-state index in [4.69, 9.17) is 11.6 Å². The van der Waals surface area contributed by atoms with Gasteiger partial charge in [0.25, 0.3) is 0 Å². The SMILES string of the molecule is Cc1nc2c([nH]1)C(=O)C(Cl)=C(Nc1ccccc1F)C2=O. The van der Waals surface area contributed by atoms with Gasteiger partial charge in [0.2, 0.25) is 11.6 Å². The zero-order valence-electron chi connectivity index (χ0n) is 10.8. The number of Topliss-reactive ketones (excluding diaryl/α,β-unsaturated/α-hetero) is 2. The molecule has 7 heteroatoms. The van der Waals surface area contributed by atoms with Gasteiger partial charge in [-0.1, -0.05) is 23.7 Å². The lowest BCUT2D eigenvalue weighted by Gasteiger charge is -2.15. The third kappa shape index (κ3) is 2.13. The normalized spacial score (nSPS) is 14.4. The summed E-state index contributed by atoms with van der Waals surface area (Å²) < 4.78 is 13.6. The molecule has 2 aromatic rings. The zero-order valence-corrected chi connectivity index (χ0v) is 11.6. The third-order valence-electron chi connectivity index (χ3n) is 3.04. The van der Waals surface area contributed by atoms with Crippen LogP contribution in [0.15, 0.2) is 35.0 Å². The van der Waals surface area contributed by atoms with Crippen molar-refractivity contribution in [3.05, 3.63) is 58.0 Å². The first-order valence-electron chi connectivity index (χ1n) is 6.06. The van der Waals surface area contributed by atoms with E-state index in [0.29, 0.717) is 5.82 Å². The van der Waals surface area contributed by atoms with Gasteiger partial charge in [0, 0.05) is 0 Å². The molecular weight excluding hydrogens is 297 g/mol. The standard InChI is InChI=1S/C14H9ClFN3O2/c1-6-17-11-12(18-6)14(21)10(9(15)13(11)20)19-8-5-3-2-4-7(8)16/h2-5,19H,1H3,(H,17,18). The molecule has 106 valence electrons. The van der Waals surface area contributed by atoms with Crippen LogP contribution < -0.4 is 5.32 Å². The number of aromatic amines is 1. The topological polar surface area (TPSA) is 74.8 Å². The van der Waals surface area contributed by atoms with Crippen molar-refractivity contribution in [2.45, 2.75) is 6.92 Å². The molecule has 0 saturated carbocycles. The van der Waals surface area contributed by atoms with E-state index in [-0.39, 0.29) is 27.8 Å². The molecule has 3 rings (SSSR count). The quantitative estimate of drug-likeness (QED) is 0.894. The average Bonchev–Trinajstić information content (AvgIpc) is 2.85. The summed E-state index contributed by atoms with van der Waals surface area (Å²) in [6.07, 6.45) is 0. The Kier molecular flexibility index (Phi) is 3.10. The lowest BCUT2D eigenvalue weighted by Crippen LogP contribution is -2.24. The second-order valence-electron chi connectivity index (χ2n) is 4.50. The molecule has 1 aromatic carbocycles. The van der Waals surface area contributed by atoms with Crippen LogP contribution in [0.3, 0.4) is 0 Å². The molecule has 0 fully saturated rings. The van der Waals surface area contributed by atoms with Crippen LogP contribution in [0.4, 0.5) is 10.1 Å². The number of H-pyrrole nitrogens is 1. The lowest BCUT2D eigenvalue weighted by atomic mass is 10.0. The summed E-state index contributed by atoms with van der Waals surface area (Å²) in [5.41, 5.74) is -0.0735. The lowest BCUT2D eigenvalue weighted by molar-refractivity contribution is 0.0977. The molecular formula is C14H9ClFN3O2. The van der Waals surface area contributed by atoms with Gasteiger partial charge in [0.15, 0.2) is 0 Å². The number of carbonyl (C=O) groups is 2. The van der Waals surface area contributed by atoms with Gasteiger partial charge >= 0.3 is 0 Å². The number of rotatable bonds is 2. The molecule has 0 atom stereocenters. The highest BCUT2D eigenvalue weighted by molar-refractivity contribution is 6.49. The predicted octanol–water partition coefficient (Wildman–Crippen LogP) is 2.80. The first-order valence-corrected chi connectivity index (χ1v) is 6.44. The Hall–Kier alpha value is -2.47. The van der Waals surface area contributed by atoms with Crippen LogP contribution in [0.5, 0.6) is 0 Å². The highest BCUT2D eigenvalue weighted by atomic mass is 35.5. The Bertz CT molecular complexity index is 810. The minimum Gasteiger partial charge on any atom is -0.349 e. The molecule has 1 aromatic heterocycles. The number of hydrogen-bond acceptors (Lipinski definition) is 4. The van der Waals surface area contributed by atoms with E-state index in [1.165, 1.54) is 18.2 Å². The fraction of sp³-hybridized carbons (Fsp3) is 0.0714. The van der Waals surface area contributed by atoms with Gasteiger partial charge in [-0.25, -0.2) is 9.37 Å². The molecule has 0 aliphatic heterocycles. The first kappa shape index (κ1) is 13.5. The monoisotopic (exact) mass is 305 g/mol. The van der Waals surface area contributed by atoms with Crippen LogP contribution >= 0.6 is 11.6 Å². The minimum absolute atomic E-state index is 0.0132. The summed E-state index contributed by atoms with van der Waals surface area (Å²) in [6, 6.07) is 5.78. The van der Waals surface area contributed by atoms with Crippen molar-refractivity contribution < 1.29 is 14.0 Å². The van der Waals surface area contributed by atoms with Gasteiger partial charge in [0.05, 0.1) is 5.69 Å². The molecule has 0 radical (unpaired) electrons. The van der Waals surface area contributed by atoms with Gasteiger partial charge in [-0.2, -0.15) is 0 Å². The highest BCUT2D eigenvalue weighted by Crippen LogP contribution is 2.28. The largest absolute Gasteiger partial charge is 0.349 e. The Balaban J connectivity index is 2.06. The number of carbonyl (C=O) groups excluding carboxylic acids is 2. The molecule has 0 unspecified atom stereocenters. The summed E-state index contributed by atoms with van der Waals surface area (Å²) in [5, 5.41) is 2.29. The number of allylic oxidation sites excluding steroid dienone is 2. The zero-order chi connectivity index (χ0) is 15.1. The summed E-state index contributed by atoms with van der Waals surface area (Å²) in [5.74, 6) is -1.23. The molecule has 21 heavy (non-hydrogen) atoms. The van der Waals surface area contributed by atoms with Crippen molar-refractivity contribution in [2.24, 2.45) is 0 Å². The molecule has 0 amide bonds. The molecule has 1 aliphatic carbocycles. The van der Waals surface area contributed by atoms with E-state index in [2.05, 4.69) is 15.3 Å². The van der Waals surface area contributed by atoms with Crippen LogP contribution in [0.1, 0.15) is 26.8 Å². The first-order chi connectivity index (χ1) is 9.99. The number of para-hydroxylation sites is 1. The second-order valence-corrected chi connectivity index (χ2v) is 4.88. The maximum atomic E-state index is 13.6. The van der Waals surface area contributed by atoms with Gasteiger partial charge in [-0.3, -0.25) is 9.59 Å². The van der Waals surface area contributed by atoms with Crippen molar-refractivity contribution in [3.63, 3.8) is 0 Å². The summed E-state index contributed by atoms with van der Waals surface area (Å²) >= 11 is 5.94. The van der Waals surface area contributed by atoms with Gasteiger partial charge < -0.3 is 10.3 Å². The number of aryl methyl sites for hydroxylation is 1. The van der Waals surface area contributed by atoms with E-state index >= 15 is 0 Å². The number of nitrogens with zero attached hydrogens (tertiary/aromatic N) is 1. The van der Waals surface area contributed by atoms with E-state index in [9.17, 15) is 14.0 Å². The van der Waals surface area contributed by atoms with Gasteiger partial charge in [0.1, 0.15) is 33.8 Å². The molecule has 0 bridgehead atoms. The maximum absolute atomic E-state index is 13.6. The number of benzene rings is 1. The van der Waals surface area contributed by atoms with Crippen LogP contribution in [0.2, 0.25) is 0 Å². The van der Waals surface area contributed by atoms with Crippen molar-refractivity contribution in [2.75, 3.05) is 5.32 Å². The third-order valence-corrected chi connectivity index (χ3v) is 3.40. The van der Waals surface area contributed by atoms with E-state index in [0.717, 1.165) is 0 Å². The second kappa shape index (κ2) is 4.82. The van der Waals surface area contributed by atoms with Crippen molar-refractivity contribution in [1.82, 2.24) is 9.97 Å². The number of aromatic nitrogens is 2. The van der Waals surface area contributed by atoms with Crippen LogP contribution in [0, 0.1) is 12.7 Å². The van der Waals surface area contributed by atoms with E-state index in [1.807, 2.05) is 0 Å². The summed E-state index contributed by atoms with van der Waals surface area (Å²) in [7, 11) is 0. The fourth-order valence-corrected chi connectivity index (χ4v) is 2.30. The fourth-order valence-electron chi connectivity index (χ4n) is 2.07. The molecule has 0 spiro atoms. The number of ketones is 2. The maximum Gasteiger partial charge on any atom is 0.231 e. The number of imidazole rings is 1. The summed E-state index contributed by atoms with van der Waals surface area (Å²) in [6.45, 7) is 1.62. The van der Waals surface area contributed by atoms with Crippen LogP contribution in [-0.2, 0) is 0 Å². The van der Waals surface area contributed by atoms with Gasteiger partial charge in [-0.05, 0) is 19.1 Å². The number of hydrogen-bond donors (Lipinski definition) is 2. The Morgan fingerprint density at radius 3 is 2.67 bits per heavy atom. The predicted molar refractivity (Wildman–Crippen MR) is 74.9 cm³/mol. The van der Waals surface area contributed by atoms with Crippen molar-refractivity contribution >= 4 is 28.9 Å². The Morgan fingerprint density at radius 1 is 1.24 bits per heavy atom. The highest BCUT2D eigenvalue weighted by Gasteiger charge is 2.34. The van der Waals surface area contributed by atoms with Crippen molar-refractivity contribution in [1.29, 1.82) is 0 Å². The molecule has 1 aliphatic rings. The Labute approximate surface area is 123 Å². The smallest absolute Gasteiger partial charge is 0.231 e. The van der Waals surface area contributed by atoms with E-state index in [1.54, 1.807) is 13.0 Å². The van der Waals surface area contributed by atoms with Crippen LogP contribution in [-0.4, -0.2) is 21.5 Å². The minimum atomic E-state index is -0.557. The number of anilines is 1. The van der Waals surface area contributed by atoms with Crippen molar-refractivity contribution in [3.8, 4) is 0 Å².